The average molecular weight is 404 g/mol. The number of rotatable bonds is 6. The number of amides is 2. The fourth-order valence-corrected chi connectivity index (χ4v) is 2.73. The molecule has 0 aliphatic heterocycles. The lowest BCUT2D eigenvalue weighted by molar-refractivity contribution is 0.0696. The quantitative estimate of drug-likeness (QED) is 0.496. The average Bonchev–Trinajstić information content (AvgIpc) is 2.74. The van der Waals surface area contributed by atoms with Gasteiger partial charge >= 0.3 is 11.9 Å². The molecule has 30 heavy (non-hydrogen) atoms. The van der Waals surface area contributed by atoms with Gasteiger partial charge in [0.1, 0.15) is 0 Å². The minimum Gasteiger partial charge on any atom is -0.478 e. The molecule has 0 bridgehead atoms. The van der Waals surface area contributed by atoms with Gasteiger partial charge < -0.3 is 20.8 Å². The molecule has 3 aromatic carbocycles. The summed E-state index contributed by atoms with van der Waals surface area (Å²) in [6.45, 7) is 0. The summed E-state index contributed by atoms with van der Waals surface area (Å²) in [5, 5.41) is 23.9. The van der Waals surface area contributed by atoms with Crippen molar-refractivity contribution in [3.8, 4) is 0 Å². The van der Waals surface area contributed by atoms with Gasteiger partial charge in [0.25, 0.3) is 11.8 Å². The normalized spacial score (nSPS) is 10.1. The molecule has 3 aromatic rings. The number of hydrogen-bond donors (Lipinski definition) is 4. The molecule has 0 radical (unpaired) electrons. The third-order valence-corrected chi connectivity index (χ3v) is 4.19. The minimum absolute atomic E-state index is 0.148. The smallest absolute Gasteiger partial charge is 0.337 e. The van der Waals surface area contributed by atoms with Crippen LogP contribution >= 0.6 is 0 Å². The molecular weight excluding hydrogens is 388 g/mol. The summed E-state index contributed by atoms with van der Waals surface area (Å²) in [5.74, 6) is -4.02. The SMILES string of the molecule is O=C(Nc1cc(NC(=O)c2ccccc2)c(C(=O)O)cc1C(=O)O)c1ccccc1. The van der Waals surface area contributed by atoms with Crippen LogP contribution in [0.1, 0.15) is 41.4 Å². The molecule has 4 N–H and O–H groups in total. The second kappa shape index (κ2) is 8.70. The molecule has 0 aromatic heterocycles. The van der Waals surface area contributed by atoms with Gasteiger partial charge in [-0.25, -0.2) is 9.59 Å². The number of carboxylic acid groups (broad SMARTS) is 2. The van der Waals surface area contributed by atoms with E-state index in [2.05, 4.69) is 10.6 Å². The zero-order chi connectivity index (χ0) is 21.7. The molecule has 0 unspecified atom stereocenters. The molecular formula is C22H16N2O6. The lowest BCUT2D eigenvalue weighted by Gasteiger charge is -2.14. The first-order valence-corrected chi connectivity index (χ1v) is 8.74. The third kappa shape index (κ3) is 4.50. The summed E-state index contributed by atoms with van der Waals surface area (Å²) in [6.07, 6.45) is 0. The molecule has 0 saturated carbocycles. The fourth-order valence-electron chi connectivity index (χ4n) is 2.73. The van der Waals surface area contributed by atoms with Crippen LogP contribution in [0, 0.1) is 0 Å². The van der Waals surface area contributed by atoms with Gasteiger partial charge in [0, 0.05) is 11.1 Å². The van der Waals surface area contributed by atoms with E-state index in [0.717, 1.165) is 12.1 Å². The van der Waals surface area contributed by atoms with Crippen LogP contribution in [0.5, 0.6) is 0 Å². The summed E-state index contributed by atoms with van der Waals surface area (Å²) in [6, 6.07) is 18.2. The minimum atomic E-state index is -1.43. The summed E-state index contributed by atoms with van der Waals surface area (Å²) in [4.78, 5) is 48.2. The van der Waals surface area contributed by atoms with Crippen molar-refractivity contribution in [1.29, 1.82) is 0 Å². The molecule has 0 aliphatic carbocycles. The van der Waals surface area contributed by atoms with Crippen molar-refractivity contribution in [3.63, 3.8) is 0 Å². The van der Waals surface area contributed by atoms with Gasteiger partial charge in [-0.05, 0) is 36.4 Å². The van der Waals surface area contributed by atoms with Crippen LogP contribution in [0.25, 0.3) is 0 Å². The first-order valence-electron chi connectivity index (χ1n) is 8.74. The highest BCUT2D eigenvalue weighted by molar-refractivity contribution is 6.12. The summed E-state index contributed by atoms with van der Waals surface area (Å²) in [7, 11) is 0. The van der Waals surface area contributed by atoms with Gasteiger partial charge in [0.15, 0.2) is 0 Å². The van der Waals surface area contributed by atoms with Crippen LogP contribution in [-0.2, 0) is 0 Å². The molecule has 8 nitrogen and oxygen atoms in total. The van der Waals surface area contributed by atoms with E-state index >= 15 is 0 Å². The van der Waals surface area contributed by atoms with E-state index in [0.29, 0.717) is 0 Å². The van der Waals surface area contributed by atoms with Gasteiger partial charge in [-0.3, -0.25) is 9.59 Å². The van der Waals surface area contributed by atoms with E-state index in [1.165, 1.54) is 0 Å². The largest absolute Gasteiger partial charge is 0.478 e. The molecule has 8 heteroatoms. The zero-order valence-corrected chi connectivity index (χ0v) is 15.5. The van der Waals surface area contributed by atoms with Crippen molar-refractivity contribution in [1.82, 2.24) is 0 Å². The van der Waals surface area contributed by atoms with Gasteiger partial charge in [-0.15, -0.1) is 0 Å². The van der Waals surface area contributed by atoms with Gasteiger partial charge in [0.2, 0.25) is 0 Å². The van der Waals surface area contributed by atoms with Crippen molar-refractivity contribution < 1.29 is 29.4 Å². The Morgan fingerprint density at radius 1 is 0.567 bits per heavy atom. The number of anilines is 2. The van der Waals surface area contributed by atoms with Crippen LogP contribution in [0.3, 0.4) is 0 Å². The number of nitrogens with one attached hydrogen (secondary N) is 2. The van der Waals surface area contributed by atoms with Crippen LogP contribution < -0.4 is 10.6 Å². The Bertz CT molecular complexity index is 1040. The predicted molar refractivity (Wildman–Crippen MR) is 109 cm³/mol. The fraction of sp³-hybridized carbons (Fsp3) is 0. The third-order valence-electron chi connectivity index (χ3n) is 4.19. The van der Waals surface area contributed by atoms with Crippen molar-refractivity contribution in [3.05, 3.63) is 95.1 Å². The monoisotopic (exact) mass is 404 g/mol. The Hall–Kier alpha value is -4.46. The summed E-state index contributed by atoms with van der Waals surface area (Å²) >= 11 is 0. The van der Waals surface area contributed by atoms with Gasteiger partial charge in [-0.1, -0.05) is 36.4 Å². The lowest BCUT2D eigenvalue weighted by Crippen LogP contribution is -2.19. The number of hydrogen-bond acceptors (Lipinski definition) is 4. The topological polar surface area (TPSA) is 133 Å². The Morgan fingerprint density at radius 2 is 0.933 bits per heavy atom. The highest BCUT2D eigenvalue weighted by Crippen LogP contribution is 2.27. The standard InChI is InChI=1S/C22H16N2O6/c25-19(13-7-3-1-4-8-13)23-17-12-18(16(22(29)30)11-15(17)21(27)28)24-20(26)14-9-5-2-6-10-14/h1-12H,(H,23,25)(H,24,26)(H,27,28)(H,29,30). The molecule has 3 rings (SSSR count). The second-order valence-electron chi connectivity index (χ2n) is 6.19. The number of carbonyl (C=O) groups is 4. The number of carboxylic acids is 2. The summed E-state index contributed by atoms with van der Waals surface area (Å²) < 4.78 is 0. The highest BCUT2D eigenvalue weighted by Gasteiger charge is 2.22. The Morgan fingerprint density at radius 3 is 1.27 bits per heavy atom. The van der Waals surface area contributed by atoms with E-state index < -0.39 is 34.9 Å². The van der Waals surface area contributed by atoms with E-state index in [9.17, 15) is 29.4 Å². The van der Waals surface area contributed by atoms with Crippen LogP contribution in [0.15, 0.2) is 72.8 Å². The van der Waals surface area contributed by atoms with Crippen molar-refractivity contribution in [2.75, 3.05) is 10.6 Å². The van der Waals surface area contributed by atoms with E-state index in [4.69, 9.17) is 0 Å². The van der Waals surface area contributed by atoms with E-state index in [1.807, 2.05) is 0 Å². The molecule has 0 heterocycles. The van der Waals surface area contributed by atoms with E-state index in [1.54, 1.807) is 60.7 Å². The first-order chi connectivity index (χ1) is 14.4. The molecule has 0 spiro atoms. The molecule has 150 valence electrons. The lowest BCUT2D eigenvalue weighted by atomic mass is 10.0. The van der Waals surface area contributed by atoms with E-state index in [-0.39, 0.29) is 22.5 Å². The molecule has 0 atom stereocenters. The molecule has 2 amide bonds. The number of benzene rings is 3. The Balaban J connectivity index is 2.02. The first kappa shape index (κ1) is 20.3. The maximum absolute atomic E-state index is 12.5. The number of aromatic carboxylic acids is 2. The predicted octanol–water partition coefficient (Wildman–Crippen LogP) is 3.59. The number of carbonyl (C=O) groups excluding carboxylic acids is 2. The second-order valence-corrected chi connectivity index (χ2v) is 6.19. The maximum Gasteiger partial charge on any atom is 0.337 e. The Kier molecular flexibility index (Phi) is 5.88. The Labute approximate surface area is 170 Å². The van der Waals surface area contributed by atoms with Crippen molar-refractivity contribution in [2.24, 2.45) is 0 Å². The zero-order valence-electron chi connectivity index (χ0n) is 15.5. The molecule has 0 saturated heterocycles. The maximum atomic E-state index is 12.5. The van der Waals surface area contributed by atoms with Crippen molar-refractivity contribution in [2.45, 2.75) is 0 Å². The summed E-state index contributed by atoms with van der Waals surface area (Å²) in [5.41, 5.74) is -0.574. The molecule has 0 fully saturated rings. The van der Waals surface area contributed by atoms with Crippen LogP contribution in [0.4, 0.5) is 11.4 Å². The van der Waals surface area contributed by atoms with Crippen LogP contribution in [-0.4, -0.2) is 34.0 Å². The van der Waals surface area contributed by atoms with Gasteiger partial charge in [-0.2, -0.15) is 0 Å². The molecule has 0 aliphatic rings. The highest BCUT2D eigenvalue weighted by atomic mass is 16.4. The van der Waals surface area contributed by atoms with Crippen molar-refractivity contribution >= 4 is 35.1 Å². The van der Waals surface area contributed by atoms with Crippen LogP contribution in [0.2, 0.25) is 0 Å². The van der Waals surface area contributed by atoms with Gasteiger partial charge in [0.05, 0.1) is 22.5 Å².